The van der Waals surface area contributed by atoms with Gasteiger partial charge in [-0.1, -0.05) is 19.1 Å². The van der Waals surface area contributed by atoms with Crippen LogP contribution >= 0.6 is 0 Å². The Balaban J connectivity index is 1.99. The van der Waals surface area contributed by atoms with Crippen molar-refractivity contribution in [3.63, 3.8) is 0 Å². The molecule has 1 heterocycles. The molecule has 0 bridgehead atoms. The van der Waals surface area contributed by atoms with Gasteiger partial charge in [0, 0.05) is 6.04 Å². The molecule has 4 nitrogen and oxygen atoms in total. The van der Waals surface area contributed by atoms with Crippen LogP contribution in [0.4, 0.5) is 0 Å². The summed E-state index contributed by atoms with van der Waals surface area (Å²) in [6.07, 6.45) is 1.26. The Labute approximate surface area is 108 Å². The maximum atomic E-state index is 11.3. The molecule has 5 heteroatoms. The highest BCUT2D eigenvalue weighted by Crippen LogP contribution is 2.22. The van der Waals surface area contributed by atoms with Crippen LogP contribution in [0, 0.1) is 0 Å². The first-order valence-electron chi connectivity index (χ1n) is 6.23. The average molecular weight is 269 g/mol. The summed E-state index contributed by atoms with van der Waals surface area (Å²) in [6, 6.07) is 7.64. The molecular formula is C13H19NO3S. The van der Waals surface area contributed by atoms with Gasteiger partial charge < -0.3 is 10.5 Å². The number of hydrogen-bond donors (Lipinski definition) is 1. The van der Waals surface area contributed by atoms with E-state index in [1.807, 2.05) is 31.2 Å². The van der Waals surface area contributed by atoms with Crippen molar-refractivity contribution in [2.45, 2.75) is 31.9 Å². The summed E-state index contributed by atoms with van der Waals surface area (Å²) < 4.78 is 28.3. The Kier molecular flexibility index (Phi) is 3.92. The molecule has 1 fully saturated rings. The number of benzene rings is 1. The summed E-state index contributed by atoms with van der Waals surface area (Å²) in [5.74, 6) is 1.07. The lowest BCUT2D eigenvalue weighted by atomic mass is 10.1. The van der Waals surface area contributed by atoms with Crippen LogP contribution in [0.1, 0.15) is 31.4 Å². The molecule has 100 valence electrons. The highest BCUT2D eigenvalue weighted by atomic mass is 32.2. The van der Waals surface area contributed by atoms with Gasteiger partial charge in [-0.15, -0.1) is 0 Å². The second-order valence-corrected chi connectivity index (χ2v) is 6.96. The molecular weight excluding hydrogens is 250 g/mol. The molecule has 1 aromatic carbocycles. The van der Waals surface area contributed by atoms with Crippen molar-refractivity contribution in [2.24, 2.45) is 5.73 Å². The lowest BCUT2D eigenvalue weighted by molar-refractivity contribution is 0.229. The Hall–Kier alpha value is -1.07. The molecule has 2 rings (SSSR count). The SMILES string of the molecule is CC[C@@H](N)c1ccc(OC2CCS(=O)(=O)C2)cc1. The molecule has 1 aromatic rings. The first kappa shape index (κ1) is 13.4. The van der Waals surface area contributed by atoms with Crippen molar-refractivity contribution in [3.8, 4) is 5.75 Å². The zero-order valence-corrected chi connectivity index (χ0v) is 11.3. The molecule has 2 atom stereocenters. The lowest BCUT2D eigenvalue weighted by Gasteiger charge is -2.14. The largest absolute Gasteiger partial charge is 0.489 e. The number of ether oxygens (including phenoxy) is 1. The zero-order chi connectivity index (χ0) is 13.2. The molecule has 1 saturated heterocycles. The van der Waals surface area contributed by atoms with Gasteiger partial charge in [-0.3, -0.25) is 0 Å². The number of hydrogen-bond acceptors (Lipinski definition) is 4. The monoisotopic (exact) mass is 269 g/mol. The van der Waals surface area contributed by atoms with Gasteiger partial charge in [-0.25, -0.2) is 8.42 Å². The normalized spacial score (nSPS) is 23.8. The number of sulfone groups is 1. The first-order valence-corrected chi connectivity index (χ1v) is 8.05. The van der Waals surface area contributed by atoms with Crippen molar-refractivity contribution in [2.75, 3.05) is 11.5 Å². The third-order valence-electron chi connectivity index (χ3n) is 3.24. The van der Waals surface area contributed by atoms with Crippen LogP contribution in [0.3, 0.4) is 0 Å². The average Bonchev–Trinajstić information content (AvgIpc) is 2.68. The smallest absolute Gasteiger partial charge is 0.154 e. The van der Waals surface area contributed by atoms with Crippen molar-refractivity contribution in [1.82, 2.24) is 0 Å². The summed E-state index contributed by atoms with van der Waals surface area (Å²) in [4.78, 5) is 0. The summed E-state index contributed by atoms with van der Waals surface area (Å²) in [7, 11) is -2.89. The van der Waals surface area contributed by atoms with Crippen molar-refractivity contribution < 1.29 is 13.2 Å². The van der Waals surface area contributed by atoms with Gasteiger partial charge in [0.05, 0.1) is 11.5 Å². The van der Waals surface area contributed by atoms with Gasteiger partial charge in [-0.05, 0) is 30.5 Å². The lowest BCUT2D eigenvalue weighted by Crippen LogP contribution is -2.17. The minimum Gasteiger partial charge on any atom is -0.489 e. The molecule has 0 saturated carbocycles. The van der Waals surface area contributed by atoms with Crippen LogP contribution in [-0.4, -0.2) is 26.0 Å². The standard InChI is InChI=1S/C13H19NO3S/c1-2-13(14)10-3-5-11(6-4-10)17-12-7-8-18(15,16)9-12/h3-6,12-13H,2,7-9,14H2,1H3/t12?,13-/m1/s1. The van der Waals surface area contributed by atoms with Crippen LogP contribution in [0.2, 0.25) is 0 Å². The second kappa shape index (κ2) is 5.28. The highest BCUT2D eigenvalue weighted by molar-refractivity contribution is 7.91. The van der Waals surface area contributed by atoms with E-state index >= 15 is 0 Å². The minimum atomic E-state index is -2.89. The molecule has 2 N–H and O–H groups in total. The van der Waals surface area contributed by atoms with E-state index in [4.69, 9.17) is 10.5 Å². The van der Waals surface area contributed by atoms with Crippen molar-refractivity contribution in [1.29, 1.82) is 0 Å². The molecule has 18 heavy (non-hydrogen) atoms. The second-order valence-electron chi connectivity index (χ2n) is 4.73. The van der Waals surface area contributed by atoms with E-state index < -0.39 is 9.84 Å². The van der Waals surface area contributed by atoms with E-state index in [-0.39, 0.29) is 23.7 Å². The molecule has 0 spiro atoms. The Morgan fingerprint density at radius 3 is 2.56 bits per heavy atom. The predicted octanol–water partition coefficient (Wildman–Crippen LogP) is 1.66. The van der Waals surface area contributed by atoms with E-state index in [0.717, 1.165) is 12.0 Å². The third-order valence-corrected chi connectivity index (χ3v) is 4.98. The van der Waals surface area contributed by atoms with E-state index in [1.165, 1.54) is 0 Å². The zero-order valence-electron chi connectivity index (χ0n) is 10.5. The Morgan fingerprint density at radius 2 is 2.06 bits per heavy atom. The van der Waals surface area contributed by atoms with Crippen LogP contribution < -0.4 is 10.5 Å². The maximum Gasteiger partial charge on any atom is 0.154 e. The van der Waals surface area contributed by atoms with Crippen molar-refractivity contribution >= 4 is 9.84 Å². The number of nitrogens with two attached hydrogens (primary N) is 1. The summed E-state index contributed by atoms with van der Waals surface area (Å²) in [5.41, 5.74) is 7.00. The molecule has 1 aliphatic rings. The van der Waals surface area contributed by atoms with Gasteiger partial charge in [0.1, 0.15) is 11.9 Å². The van der Waals surface area contributed by atoms with E-state index in [9.17, 15) is 8.42 Å². The van der Waals surface area contributed by atoms with E-state index in [2.05, 4.69) is 0 Å². The highest BCUT2D eigenvalue weighted by Gasteiger charge is 2.29. The predicted molar refractivity (Wildman–Crippen MR) is 71.3 cm³/mol. The van der Waals surface area contributed by atoms with Gasteiger partial charge in [0.2, 0.25) is 0 Å². The van der Waals surface area contributed by atoms with Gasteiger partial charge >= 0.3 is 0 Å². The maximum absolute atomic E-state index is 11.3. The van der Waals surface area contributed by atoms with Gasteiger partial charge in [0.25, 0.3) is 0 Å². The molecule has 0 aliphatic carbocycles. The van der Waals surface area contributed by atoms with Crippen LogP contribution in [-0.2, 0) is 9.84 Å². The third kappa shape index (κ3) is 3.23. The van der Waals surface area contributed by atoms with Crippen LogP contribution in [0.15, 0.2) is 24.3 Å². The molecule has 0 aromatic heterocycles. The Bertz CT molecular complexity index is 495. The van der Waals surface area contributed by atoms with E-state index in [1.54, 1.807) is 0 Å². The fourth-order valence-corrected chi connectivity index (χ4v) is 3.67. The fourth-order valence-electron chi connectivity index (χ4n) is 2.08. The number of rotatable bonds is 4. The van der Waals surface area contributed by atoms with Gasteiger partial charge in [0.15, 0.2) is 9.84 Å². The molecule has 0 radical (unpaired) electrons. The fraction of sp³-hybridized carbons (Fsp3) is 0.538. The van der Waals surface area contributed by atoms with Crippen LogP contribution in [0.5, 0.6) is 5.75 Å². The Morgan fingerprint density at radius 1 is 1.39 bits per heavy atom. The topological polar surface area (TPSA) is 69.4 Å². The quantitative estimate of drug-likeness (QED) is 0.902. The first-order chi connectivity index (χ1) is 8.50. The molecule has 0 amide bonds. The molecule has 1 aliphatic heterocycles. The van der Waals surface area contributed by atoms with Crippen molar-refractivity contribution in [3.05, 3.63) is 29.8 Å². The molecule has 1 unspecified atom stereocenters. The summed E-state index contributed by atoms with van der Waals surface area (Å²) in [5, 5.41) is 0. The van der Waals surface area contributed by atoms with E-state index in [0.29, 0.717) is 12.2 Å². The summed E-state index contributed by atoms with van der Waals surface area (Å²) >= 11 is 0. The van der Waals surface area contributed by atoms with Crippen LogP contribution in [0.25, 0.3) is 0 Å². The minimum absolute atomic E-state index is 0.0471. The van der Waals surface area contributed by atoms with Gasteiger partial charge in [-0.2, -0.15) is 0 Å². The summed E-state index contributed by atoms with van der Waals surface area (Å²) in [6.45, 7) is 2.04.